The van der Waals surface area contributed by atoms with Gasteiger partial charge in [0.15, 0.2) is 0 Å². The van der Waals surface area contributed by atoms with Gasteiger partial charge in [0.1, 0.15) is 6.04 Å². The molecule has 1 N–H and O–H groups in total. The van der Waals surface area contributed by atoms with Crippen molar-refractivity contribution in [2.24, 2.45) is 0 Å². The Morgan fingerprint density at radius 1 is 1.29 bits per heavy atom. The molecule has 126 valence electrons. The van der Waals surface area contributed by atoms with E-state index in [0.29, 0.717) is 18.8 Å². The molecule has 1 aliphatic heterocycles. The first-order chi connectivity index (χ1) is 11.7. The van der Waals surface area contributed by atoms with Gasteiger partial charge < -0.3 is 9.64 Å². The number of nitrogens with zero attached hydrogens (tertiary/aromatic N) is 4. The van der Waals surface area contributed by atoms with Crippen LogP contribution in [0.5, 0.6) is 0 Å². The summed E-state index contributed by atoms with van der Waals surface area (Å²) in [5.41, 5.74) is 1.70. The quantitative estimate of drug-likeness (QED) is 0.839. The Kier molecular flexibility index (Phi) is 4.83. The van der Waals surface area contributed by atoms with Crippen molar-refractivity contribution in [1.82, 2.24) is 25.5 Å². The topological polar surface area (TPSA) is 101 Å². The maximum atomic E-state index is 12.6. The van der Waals surface area contributed by atoms with Crippen molar-refractivity contribution >= 4 is 11.9 Å². The normalized spacial score (nSPS) is 17.5. The van der Waals surface area contributed by atoms with E-state index < -0.39 is 6.04 Å². The van der Waals surface area contributed by atoms with Crippen LogP contribution in [0, 0.1) is 0 Å². The molecule has 1 atom stereocenters. The molecule has 2 heterocycles. The summed E-state index contributed by atoms with van der Waals surface area (Å²) in [5, 5.41) is 13.8. The molecule has 0 radical (unpaired) electrons. The number of aromatic amines is 1. The molecule has 0 bridgehead atoms. The Morgan fingerprint density at radius 3 is 2.75 bits per heavy atom. The summed E-state index contributed by atoms with van der Waals surface area (Å²) < 4.78 is 4.82. The van der Waals surface area contributed by atoms with Gasteiger partial charge in [-0.3, -0.25) is 4.79 Å². The van der Waals surface area contributed by atoms with Crippen molar-refractivity contribution in [2.75, 3.05) is 13.7 Å². The number of likely N-dealkylation sites (tertiary alicyclic amines) is 1. The molecule has 1 aromatic carbocycles. The number of piperidine rings is 1. The standard InChI is InChI=1S/C16H19N5O3/c1-24-16(23)13-4-2-3-9-21(13)14(22)10-11-5-7-12(8-6-11)15-17-19-20-18-15/h5-8,13H,2-4,9-10H2,1H3,(H,17,18,19,20)/t13-/m1/s1. The first kappa shape index (κ1) is 16.1. The highest BCUT2D eigenvalue weighted by molar-refractivity contribution is 5.86. The highest BCUT2D eigenvalue weighted by Crippen LogP contribution is 2.20. The Labute approximate surface area is 139 Å². The Morgan fingerprint density at radius 2 is 2.08 bits per heavy atom. The Hall–Kier alpha value is -2.77. The molecule has 1 saturated heterocycles. The fourth-order valence-electron chi connectivity index (χ4n) is 2.94. The van der Waals surface area contributed by atoms with E-state index in [4.69, 9.17) is 4.74 Å². The van der Waals surface area contributed by atoms with Gasteiger partial charge in [-0.25, -0.2) is 4.79 Å². The summed E-state index contributed by atoms with van der Waals surface area (Å²) in [6.45, 7) is 0.597. The average Bonchev–Trinajstić information content (AvgIpc) is 3.16. The molecule has 1 amide bonds. The molecule has 2 aromatic rings. The molecule has 3 rings (SSSR count). The van der Waals surface area contributed by atoms with Crippen molar-refractivity contribution in [3.8, 4) is 11.4 Å². The maximum Gasteiger partial charge on any atom is 0.328 e. The first-order valence-corrected chi connectivity index (χ1v) is 7.89. The number of H-pyrrole nitrogens is 1. The molecule has 0 spiro atoms. The lowest BCUT2D eigenvalue weighted by Gasteiger charge is -2.33. The van der Waals surface area contributed by atoms with Crippen LogP contribution in [0.3, 0.4) is 0 Å². The second kappa shape index (κ2) is 7.20. The van der Waals surface area contributed by atoms with Crippen LogP contribution < -0.4 is 0 Å². The number of methoxy groups -OCH3 is 1. The number of rotatable bonds is 4. The number of esters is 1. The van der Waals surface area contributed by atoms with E-state index in [1.54, 1.807) is 4.90 Å². The van der Waals surface area contributed by atoms with E-state index in [1.807, 2.05) is 24.3 Å². The van der Waals surface area contributed by atoms with Gasteiger partial charge in [0.2, 0.25) is 11.7 Å². The number of nitrogens with one attached hydrogen (secondary N) is 1. The molecule has 8 heteroatoms. The lowest BCUT2D eigenvalue weighted by atomic mass is 10.0. The minimum absolute atomic E-state index is 0.0580. The summed E-state index contributed by atoms with van der Waals surface area (Å²) in [5.74, 6) is 0.113. The van der Waals surface area contributed by atoms with Gasteiger partial charge in [0.25, 0.3) is 0 Å². The van der Waals surface area contributed by atoms with Gasteiger partial charge in [-0.2, -0.15) is 5.21 Å². The Balaban J connectivity index is 1.68. The minimum Gasteiger partial charge on any atom is -0.467 e. The lowest BCUT2D eigenvalue weighted by Crippen LogP contribution is -2.49. The maximum absolute atomic E-state index is 12.6. The summed E-state index contributed by atoms with van der Waals surface area (Å²) in [6, 6.07) is 6.96. The molecule has 1 aromatic heterocycles. The van der Waals surface area contributed by atoms with E-state index in [0.717, 1.165) is 24.0 Å². The summed E-state index contributed by atoms with van der Waals surface area (Å²) in [4.78, 5) is 26.1. The average molecular weight is 329 g/mol. The highest BCUT2D eigenvalue weighted by atomic mass is 16.5. The second-order valence-corrected chi connectivity index (χ2v) is 5.73. The van der Waals surface area contributed by atoms with Crippen molar-refractivity contribution in [3.63, 3.8) is 0 Å². The molecule has 1 fully saturated rings. The second-order valence-electron chi connectivity index (χ2n) is 5.73. The largest absolute Gasteiger partial charge is 0.467 e. The SMILES string of the molecule is COC(=O)[C@H]1CCCCN1C(=O)Cc1ccc(-c2nn[nH]n2)cc1. The Bertz CT molecular complexity index is 699. The van der Waals surface area contributed by atoms with Crippen molar-refractivity contribution in [2.45, 2.75) is 31.7 Å². The van der Waals surface area contributed by atoms with Crippen LogP contribution in [0.4, 0.5) is 0 Å². The summed E-state index contributed by atoms with van der Waals surface area (Å²) in [7, 11) is 1.36. The number of amides is 1. The zero-order valence-electron chi connectivity index (χ0n) is 13.4. The molecule has 0 unspecified atom stereocenters. The van der Waals surface area contributed by atoms with E-state index in [9.17, 15) is 9.59 Å². The zero-order valence-corrected chi connectivity index (χ0v) is 13.4. The number of aromatic nitrogens is 4. The monoisotopic (exact) mass is 329 g/mol. The number of hydrogen-bond donors (Lipinski definition) is 1. The molecule has 0 saturated carbocycles. The van der Waals surface area contributed by atoms with Crippen LogP contribution in [-0.2, 0) is 20.7 Å². The number of benzene rings is 1. The van der Waals surface area contributed by atoms with Crippen LogP contribution in [0.2, 0.25) is 0 Å². The molecule has 24 heavy (non-hydrogen) atoms. The fourth-order valence-corrected chi connectivity index (χ4v) is 2.94. The minimum atomic E-state index is -0.463. The van der Waals surface area contributed by atoms with Crippen LogP contribution >= 0.6 is 0 Å². The van der Waals surface area contributed by atoms with Gasteiger partial charge in [0.05, 0.1) is 13.5 Å². The third kappa shape index (κ3) is 3.42. The molecule has 0 aliphatic carbocycles. The van der Waals surface area contributed by atoms with E-state index in [-0.39, 0.29) is 18.3 Å². The fraction of sp³-hybridized carbons (Fsp3) is 0.438. The van der Waals surface area contributed by atoms with Gasteiger partial charge in [-0.05, 0) is 30.0 Å². The molecule has 1 aliphatic rings. The van der Waals surface area contributed by atoms with Gasteiger partial charge in [0, 0.05) is 12.1 Å². The van der Waals surface area contributed by atoms with Gasteiger partial charge >= 0.3 is 5.97 Å². The van der Waals surface area contributed by atoms with Crippen LogP contribution in [0.1, 0.15) is 24.8 Å². The zero-order chi connectivity index (χ0) is 16.9. The van der Waals surface area contributed by atoms with E-state index >= 15 is 0 Å². The number of tetrazole rings is 1. The highest BCUT2D eigenvalue weighted by Gasteiger charge is 2.32. The van der Waals surface area contributed by atoms with Gasteiger partial charge in [-0.1, -0.05) is 24.3 Å². The van der Waals surface area contributed by atoms with Crippen LogP contribution in [0.15, 0.2) is 24.3 Å². The van der Waals surface area contributed by atoms with Crippen molar-refractivity contribution < 1.29 is 14.3 Å². The lowest BCUT2D eigenvalue weighted by molar-refractivity contribution is -0.154. The number of carbonyl (C=O) groups excluding carboxylic acids is 2. The number of hydrogen-bond acceptors (Lipinski definition) is 6. The van der Waals surface area contributed by atoms with E-state index in [2.05, 4.69) is 20.6 Å². The predicted molar refractivity (Wildman–Crippen MR) is 84.7 cm³/mol. The van der Waals surface area contributed by atoms with Crippen molar-refractivity contribution in [1.29, 1.82) is 0 Å². The third-order valence-corrected chi connectivity index (χ3v) is 4.21. The number of carbonyl (C=O) groups is 2. The van der Waals surface area contributed by atoms with Crippen LogP contribution in [0.25, 0.3) is 11.4 Å². The summed E-state index contributed by atoms with van der Waals surface area (Å²) >= 11 is 0. The first-order valence-electron chi connectivity index (χ1n) is 7.89. The molecule has 8 nitrogen and oxygen atoms in total. The van der Waals surface area contributed by atoms with E-state index in [1.165, 1.54) is 7.11 Å². The van der Waals surface area contributed by atoms with Crippen LogP contribution in [-0.4, -0.2) is 57.1 Å². The summed E-state index contributed by atoms with van der Waals surface area (Å²) in [6.07, 6.45) is 2.76. The smallest absolute Gasteiger partial charge is 0.328 e. The predicted octanol–water partition coefficient (Wildman–Crippen LogP) is 0.963. The molecular weight excluding hydrogens is 310 g/mol. The third-order valence-electron chi connectivity index (χ3n) is 4.21. The number of ether oxygens (including phenoxy) is 1. The van der Waals surface area contributed by atoms with Gasteiger partial charge in [-0.15, -0.1) is 10.2 Å². The molecular formula is C16H19N5O3. The van der Waals surface area contributed by atoms with Crippen molar-refractivity contribution in [3.05, 3.63) is 29.8 Å².